The average molecular weight is 413 g/mol. The number of anilines is 1. The van der Waals surface area contributed by atoms with E-state index in [2.05, 4.69) is 15.4 Å². The molecule has 1 N–H and O–H groups in total. The highest BCUT2D eigenvalue weighted by molar-refractivity contribution is 7.07. The van der Waals surface area contributed by atoms with Gasteiger partial charge in [0, 0.05) is 22.5 Å². The molecule has 4 rings (SSSR count). The molecule has 142 valence electrons. The second kappa shape index (κ2) is 8.00. The molecule has 28 heavy (non-hydrogen) atoms. The Balaban J connectivity index is 1.77. The Morgan fingerprint density at radius 2 is 2.21 bits per heavy atom. The Kier molecular flexibility index (Phi) is 5.27. The zero-order chi connectivity index (χ0) is 19.5. The lowest BCUT2D eigenvalue weighted by Crippen LogP contribution is -2.25. The topological polar surface area (TPSA) is 68.0 Å². The van der Waals surface area contributed by atoms with Gasteiger partial charge in [0.15, 0.2) is 6.61 Å². The van der Waals surface area contributed by atoms with Gasteiger partial charge in [0.05, 0.1) is 17.6 Å². The van der Waals surface area contributed by atoms with Gasteiger partial charge in [-0.2, -0.15) is 5.10 Å². The minimum absolute atomic E-state index is 0.0360. The Labute approximate surface area is 170 Å². The molecule has 1 aromatic heterocycles. The van der Waals surface area contributed by atoms with Crippen molar-refractivity contribution in [2.75, 3.05) is 18.5 Å². The number of aromatic nitrogens is 1. The third-order valence-electron chi connectivity index (χ3n) is 4.06. The van der Waals surface area contributed by atoms with Gasteiger partial charge in [-0.25, -0.2) is 4.68 Å². The predicted molar refractivity (Wildman–Crippen MR) is 112 cm³/mol. The van der Waals surface area contributed by atoms with E-state index >= 15 is 0 Å². The standard InChI is InChI=1S/C20H17ClN4O2S/c1-2-22-20-25(23-10-13-4-3-5-15(21)8-13)17(12-28-20)14-6-7-18-16(9-14)24-19(26)11-27-18/h3-10,12H,2,11H2,1H3,(H,24,26). The highest BCUT2D eigenvalue weighted by Gasteiger charge is 2.17. The Bertz CT molecular complexity index is 1130. The summed E-state index contributed by atoms with van der Waals surface area (Å²) in [6.45, 7) is 2.67. The van der Waals surface area contributed by atoms with Crippen molar-refractivity contribution in [2.24, 2.45) is 10.1 Å². The van der Waals surface area contributed by atoms with Crippen LogP contribution in [0.15, 0.2) is 57.9 Å². The van der Waals surface area contributed by atoms with Crippen LogP contribution in [-0.2, 0) is 4.79 Å². The highest BCUT2D eigenvalue weighted by atomic mass is 35.5. The van der Waals surface area contributed by atoms with Gasteiger partial charge in [-0.1, -0.05) is 23.7 Å². The van der Waals surface area contributed by atoms with Crippen molar-refractivity contribution in [3.63, 3.8) is 0 Å². The Hall–Kier alpha value is -2.90. The van der Waals surface area contributed by atoms with Crippen LogP contribution in [0, 0.1) is 0 Å². The molecule has 6 nitrogen and oxygen atoms in total. The number of hydrogen-bond acceptors (Lipinski definition) is 5. The second-order valence-electron chi connectivity index (χ2n) is 6.04. The third kappa shape index (κ3) is 3.85. The molecule has 8 heteroatoms. The lowest BCUT2D eigenvalue weighted by molar-refractivity contribution is -0.118. The number of amides is 1. The third-order valence-corrected chi connectivity index (χ3v) is 5.15. The number of rotatable bonds is 4. The Morgan fingerprint density at radius 3 is 3.04 bits per heavy atom. The molecule has 2 heterocycles. The molecule has 1 aliphatic rings. The van der Waals surface area contributed by atoms with Gasteiger partial charge in [0.2, 0.25) is 4.80 Å². The number of carbonyl (C=O) groups excluding carboxylic acids is 1. The van der Waals surface area contributed by atoms with Crippen LogP contribution < -0.4 is 14.9 Å². The first-order chi connectivity index (χ1) is 13.6. The van der Waals surface area contributed by atoms with Gasteiger partial charge in [-0.15, -0.1) is 11.3 Å². The van der Waals surface area contributed by atoms with Crippen LogP contribution in [0.25, 0.3) is 11.3 Å². The minimum Gasteiger partial charge on any atom is -0.482 e. The molecule has 2 aromatic carbocycles. The summed E-state index contributed by atoms with van der Waals surface area (Å²) in [5.41, 5.74) is 3.32. The van der Waals surface area contributed by atoms with E-state index in [-0.39, 0.29) is 12.5 Å². The maximum atomic E-state index is 11.6. The number of hydrogen-bond donors (Lipinski definition) is 1. The first kappa shape index (κ1) is 18.5. The normalized spacial score (nSPS) is 14.1. The van der Waals surface area contributed by atoms with Gasteiger partial charge in [0.25, 0.3) is 5.91 Å². The maximum absolute atomic E-state index is 11.6. The molecular weight excluding hydrogens is 396 g/mol. The van der Waals surface area contributed by atoms with Gasteiger partial charge in [-0.3, -0.25) is 9.79 Å². The van der Waals surface area contributed by atoms with E-state index < -0.39 is 0 Å². The molecule has 0 fully saturated rings. The van der Waals surface area contributed by atoms with E-state index in [1.165, 1.54) is 11.3 Å². The fourth-order valence-electron chi connectivity index (χ4n) is 2.81. The van der Waals surface area contributed by atoms with Crippen molar-refractivity contribution >= 4 is 40.7 Å². The van der Waals surface area contributed by atoms with Crippen LogP contribution >= 0.6 is 22.9 Å². The number of fused-ring (bicyclic) bond motifs is 1. The molecule has 1 aliphatic heterocycles. The monoisotopic (exact) mass is 412 g/mol. The maximum Gasteiger partial charge on any atom is 0.262 e. The van der Waals surface area contributed by atoms with Gasteiger partial charge in [-0.05, 0) is 42.8 Å². The molecule has 0 radical (unpaired) electrons. The van der Waals surface area contributed by atoms with Crippen molar-refractivity contribution in [3.05, 3.63) is 63.2 Å². The molecule has 0 atom stereocenters. The van der Waals surface area contributed by atoms with Crippen LogP contribution in [0.1, 0.15) is 12.5 Å². The summed E-state index contributed by atoms with van der Waals surface area (Å²) < 4.78 is 7.23. The smallest absolute Gasteiger partial charge is 0.262 e. The number of benzene rings is 2. The van der Waals surface area contributed by atoms with E-state index in [9.17, 15) is 4.79 Å². The number of ether oxygens (including phenoxy) is 1. The number of nitrogens with zero attached hydrogens (tertiary/aromatic N) is 3. The SMILES string of the molecule is CCN=c1scc(-c2ccc3c(c2)NC(=O)CO3)n1N=Cc1cccc(Cl)c1. The number of nitrogens with one attached hydrogen (secondary N) is 1. The summed E-state index contributed by atoms with van der Waals surface area (Å²) in [7, 11) is 0. The fraction of sp³-hybridized carbons (Fsp3) is 0.150. The molecule has 1 amide bonds. The van der Waals surface area contributed by atoms with E-state index in [4.69, 9.17) is 16.3 Å². The molecule has 0 saturated heterocycles. The molecule has 0 bridgehead atoms. The summed E-state index contributed by atoms with van der Waals surface area (Å²) in [4.78, 5) is 16.9. The van der Waals surface area contributed by atoms with E-state index in [0.29, 0.717) is 23.0 Å². The van der Waals surface area contributed by atoms with E-state index in [1.54, 1.807) is 10.9 Å². The number of thiazole rings is 1. The zero-order valence-corrected chi connectivity index (χ0v) is 16.6. The van der Waals surface area contributed by atoms with Crippen molar-refractivity contribution in [1.82, 2.24) is 4.68 Å². The number of carbonyl (C=O) groups is 1. The van der Waals surface area contributed by atoms with Crippen molar-refractivity contribution < 1.29 is 9.53 Å². The molecular formula is C20H17ClN4O2S. The van der Waals surface area contributed by atoms with Crippen LogP contribution in [-0.4, -0.2) is 29.9 Å². The van der Waals surface area contributed by atoms with E-state index in [0.717, 1.165) is 21.6 Å². The van der Waals surface area contributed by atoms with Gasteiger partial charge < -0.3 is 10.1 Å². The zero-order valence-electron chi connectivity index (χ0n) is 15.1. The fourth-order valence-corrected chi connectivity index (χ4v) is 3.91. The van der Waals surface area contributed by atoms with Crippen LogP contribution in [0.4, 0.5) is 5.69 Å². The molecule has 3 aromatic rings. The second-order valence-corrected chi connectivity index (χ2v) is 7.31. The minimum atomic E-state index is -0.163. The lowest BCUT2D eigenvalue weighted by atomic mass is 10.1. The molecule has 0 aliphatic carbocycles. The summed E-state index contributed by atoms with van der Waals surface area (Å²) in [5.74, 6) is 0.495. The van der Waals surface area contributed by atoms with Gasteiger partial charge >= 0.3 is 0 Å². The summed E-state index contributed by atoms with van der Waals surface area (Å²) >= 11 is 7.57. The molecule has 0 saturated carbocycles. The summed E-state index contributed by atoms with van der Waals surface area (Å²) in [6.07, 6.45) is 1.75. The molecule has 0 unspecified atom stereocenters. The first-order valence-electron chi connectivity index (χ1n) is 8.72. The predicted octanol–water partition coefficient (Wildman–Crippen LogP) is 4.00. The van der Waals surface area contributed by atoms with Crippen molar-refractivity contribution in [2.45, 2.75) is 6.92 Å². The largest absolute Gasteiger partial charge is 0.482 e. The highest BCUT2D eigenvalue weighted by Crippen LogP contribution is 2.32. The van der Waals surface area contributed by atoms with Crippen LogP contribution in [0.2, 0.25) is 5.02 Å². The average Bonchev–Trinajstić information content (AvgIpc) is 3.09. The van der Waals surface area contributed by atoms with Gasteiger partial charge in [0.1, 0.15) is 5.75 Å². The summed E-state index contributed by atoms with van der Waals surface area (Å²) in [6, 6.07) is 13.2. The first-order valence-corrected chi connectivity index (χ1v) is 9.98. The Morgan fingerprint density at radius 1 is 1.32 bits per heavy atom. The quantitative estimate of drug-likeness (QED) is 0.658. The summed E-state index contributed by atoms with van der Waals surface area (Å²) in [5, 5.41) is 10.1. The van der Waals surface area contributed by atoms with Crippen LogP contribution in [0.3, 0.4) is 0 Å². The molecule has 0 spiro atoms. The van der Waals surface area contributed by atoms with Crippen LogP contribution in [0.5, 0.6) is 5.75 Å². The van der Waals surface area contributed by atoms with Crippen molar-refractivity contribution in [3.8, 4) is 17.0 Å². The number of halogens is 1. The van der Waals surface area contributed by atoms with Crippen molar-refractivity contribution in [1.29, 1.82) is 0 Å². The van der Waals surface area contributed by atoms with E-state index in [1.807, 2.05) is 54.8 Å². The lowest BCUT2D eigenvalue weighted by Gasteiger charge is -2.18.